The molecule has 0 saturated heterocycles. The van der Waals surface area contributed by atoms with E-state index in [1.54, 1.807) is 12.1 Å². The third kappa shape index (κ3) is 5.31. The first-order chi connectivity index (χ1) is 11.5. The lowest BCUT2D eigenvalue weighted by molar-refractivity contribution is -0.120. The third-order valence-corrected chi connectivity index (χ3v) is 3.66. The number of amides is 1. The molecule has 0 heterocycles. The number of halogens is 2. The van der Waals surface area contributed by atoms with Gasteiger partial charge in [-0.1, -0.05) is 30.3 Å². The van der Waals surface area contributed by atoms with Crippen LogP contribution in [0.3, 0.4) is 0 Å². The monoisotopic (exact) mass is 334 g/mol. The first-order valence-electron chi connectivity index (χ1n) is 7.55. The molecule has 1 atom stereocenters. The fraction of sp³-hybridized carbons (Fsp3) is 0.278. The highest BCUT2D eigenvalue weighted by Crippen LogP contribution is 2.16. The summed E-state index contributed by atoms with van der Waals surface area (Å²) in [6.07, 6.45) is 0. The number of likely N-dealkylation sites (N-methyl/N-ethyl adjacent to an activating group) is 1. The third-order valence-electron chi connectivity index (χ3n) is 3.66. The summed E-state index contributed by atoms with van der Waals surface area (Å²) in [5, 5.41) is 2.86. The lowest BCUT2D eigenvalue weighted by atomic mass is 10.1. The minimum atomic E-state index is -2.83. The number of ether oxygens (including phenoxy) is 1. The molecule has 0 aromatic heterocycles. The molecule has 1 N–H and O–H groups in total. The van der Waals surface area contributed by atoms with Gasteiger partial charge >= 0.3 is 6.61 Å². The molecule has 6 heteroatoms. The van der Waals surface area contributed by atoms with Crippen LogP contribution in [0.25, 0.3) is 0 Å². The van der Waals surface area contributed by atoms with Gasteiger partial charge in [-0.2, -0.15) is 8.78 Å². The van der Waals surface area contributed by atoms with Crippen molar-refractivity contribution in [3.8, 4) is 5.75 Å². The van der Waals surface area contributed by atoms with Crippen LogP contribution in [0.4, 0.5) is 14.5 Å². The number of anilines is 1. The highest BCUT2D eigenvalue weighted by atomic mass is 19.3. The van der Waals surface area contributed by atoms with Crippen molar-refractivity contribution < 1.29 is 18.3 Å². The van der Waals surface area contributed by atoms with Crippen LogP contribution in [0.2, 0.25) is 0 Å². The van der Waals surface area contributed by atoms with E-state index in [0.717, 1.165) is 11.3 Å². The zero-order valence-electron chi connectivity index (χ0n) is 13.6. The molecule has 2 aromatic rings. The average Bonchev–Trinajstić information content (AvgIpc) is 2.56. The van der Waals surface area contributed by atoms with Gasteiger partial charge in [0.1, 0.15) is 5.75 Å². The van der Waals surface area contributed by atoms with Crippen LogP contribution < -0.4 is 10.1 Å². The normalized spacial score (nSPS) is 12.2. The molecule has 128 valence electrons. The highest BCUT2D eigenvalue weighted by Gasteiger charge is 2.18. The fourth-order valence-corrected chi connectivity index (χ4v) is 2.17. The maximum Gasteiger partial charge on any atom is 0.387 e. The molecule has 0 radical (unpaired) electrons. The number of rotatable bonds is 7. The molecule has 0 bridgehead atoms. The highest BCUT2D eigenvalue weighted by molar-refractivity contribution is 5.94. The predicted octanol–water partition coefficient (Wildman–Crippen LogP) is 3.75. The Balaban J connectivity index is 1.90. The van der Waals surface area contributed by atoms with Gasteiger partial charge in [0.2, 0.25) is 5.91 Å². The van der Waals surface area contributed by atoms with Crippen LogP contribution in [0.15, 0.2) is 54.6 Å². The van der Waals surface area contributed by atoms with Crippen LogP contribution in [0, 0.1) is 0 Å². The maximum absolute atomic E-state index is 12.3. The van der Waals surface area contributed by atoms with Crippen LogP contribution in [-0.4, -0.2) is 30.5 Å². The Bertz CT molecular complexity index is 648. The summed E-state index contributed by atoms with van der Waals surface area (Å²) in [5.41, 5.74) is 1.65. The van der Waals surface area contributed by atoms with Crippen LogP contribution in [0.5, 0.6) is 5.75 Å². The number of alkyl halides is 2. The molecule has 2 rings (SSSR count). The fourth-order valence-electron chi connectivity index (χ4n) is 2.17. The average molecular weight is 334 g/mol. The maximum atomic E-state index is 12.3. The van der Waals surface area contributed by atoms with E-state index >= 15 is 0 Å². The summed E-state index contributed by atoms with van der Waals surface area (Å²) in [6.45, 7) is -0.509. The van der Waals surface area contributed by atoms with E-state index in [1.807, 2.05) is 49.2 Å². The zero-order chi connectivity index (χ0) is 17.5. The summed E-state index contributed by atoms with van der Waals surface area (Å²) in [5.74, 6) is 0.00706. The standard InChI is InChI=1S/C18H20F2N2O2/c1-13(17(23)21-15-6-4-3-5-7-15)22(2)12-14-8-10-16(11-9-14)24-18(19)20/h3-11,13,18H,12H2,1-2H3,(H,21,23)/t13-/m0/s1. The molecule has 0 unspecified atom stereocenters. The molecular weight excluding hydrogens is 314 g/mol. The molecule has 0 aliphatic carbocycles. The van der Waals surface area contributed by atoms with Crippen LogP contribution in [0.1, 0.15) is 12.5 Å². The van der Waals surface area contributed by atoms with Gasteiger partial charge in [-0.05, 0) is 43.8 Å². The van der Waals surface area contributed by atoms with Gasteiger partial charge in [-0.25, -0.2) is 0 Å². The number of carbonyl (C=O) groups excluding carboxylic acids is 1. The van der Waals surface area contributed by atoms with Crippen molar-refractivity contribution in [2.75, 3.05) is 12.4 Å². The largest absolute Gasteiger partial charge is 0.435 e. The first kappa shape index (κ1) is 17.9. The van der Waals surface area contributed by atoms with Crippen molar-refractivity contribution in [1.29, 1.82) is 0 Å². The molecule has 0 aliphatic heterocycles. The lowest BCUT2D eigenvalue weighted by Gasteiger charge is -2.24. The summed E-state index contributed by atoms with van der Waals surface area (Å²) in [7, 11) is 1.83. The number of carbonyl (C=O) groups is 1. The summed E-state index contributed by atoms with van der Waals surface area (Å²) >= 11 is 0. The number of nitrogens with one attached hydrogen (secondary N) is 1. The quantitative estimate of drug-likeness (QED) is 0.838. The second-order valence-corrected chi connectivity index (χ2v) is 5.47. The molecule has 0 saturated carbocycles. The van der Waals surface area contributed by atoms with Crippen molar-refractivity contribution in [1.82, 2.24) is 4.90 Å². The predicted molar refractivity (Wildman–Crippen MR) is 89.1 cm³/mol. The van der Waals surface area contributed by atoms with Crippen molar-refractivity contribution in [3.05, 3.63) is 60.2 Å². The molecule has 0 aliphatic rings. The van der Waals surface area contributed by atoms with E-state index in [9.17, 15) is 13.6 Å². The summed E-state index contributed by atoms with van der Waals surface area (Å²) < 4.78 is 28.6. The molecule has 4 nitrogen and oxygen atoms in total. The lowest BCUT2D eigenvalue weighted by Crippen LogP contribution is -2.39. The van der Waals surface area contributed by atoms with Gasteiger partial charge in [0.05, 0.1) is 6.04 Å². The summed E-state index contributed by atoms with van der Waals surface area (Å²) in [6, 6.07) is 15.3. The zero-order valence-corrected chi connectivity index (χ0v) is 13.6. The topological polar surface area (TPSA) is 41.6 Å². The number of nitrogens with zero attached hydrogens (tertiary/aromatic N) is 1. The van der Waals surface area contributed by atoms with E-state index in [0.29, 0.717) is 6.54 Å². The van der Waals surface area contributed by atoms with Crippen molar-refractivity contribution >= 4 is 11.6 Å². The Morgan fingerprint density at radius 1 is 1.12 bits per heavy atom. The van der Waals surface area contributed by atoms with Crippen LogP contribution in [-0.2, 0) is 11.3 Å². The minimum absolute atomic E-state index is 0.110. The van der Waals surface area contributed by atoms with E-state index in [-0.39, 0.29) is 17.7 Å². The Labute approximate surface area is 140 Å². The number of para-hydroxylation sites is 1. The Morgan fingerprint density at radius 2 is 1.75 bits per heavy atom. The van der Waals surface area contributed by atoms with Gasteiger partial charge in [0, 0.05) is 12.2 Å². The van der Waals surface area contributed by atoms with Gasteiger partial charge in [0.15, 0.2) is 0 Å². The molecule has 2 aromatic carbocycles. The number of benzene rings is 2. The molecule has 0 spiro atoms. The van der Waals surface area contributed by atoms with Crippen LogP contribution >= 0.6 is 0 Å². The second kappa shape index (κ2) is 8.40. The SMILES string of the molecule is C[C@@H](C(=O)Nc1ccccc1)N(C)Cc1ccc(OC(F)F)cc1. The van der Waals surface area contributed by atoms with Gasteiger partial charge in [0.25, 0.3) is 0 Å². The summed E-state index contributed by atoms with van der Waals surface area (Å²) in [4.78, 5) is 14.1. The Hall–Kier alpha value is -2.47. The smallest absolute Gasteiger partial charge is 0.387 e. The molecule has 24 heavy (non-hydrogen) atoms. The van der Waals surface area contributed by atoms with Crippen molar-refractivity contribution in [3.63, 3.8) is 0 Å². The Kier molecular flexibility index (Phi) is 6.26. The van der Waals surface area contributed by atoms with E-state index in [1.165, 1.54) is 12.1 Å². The number of hydrogen-bond acceptors (Lipinski definition) is 3. The Morgan fingerprint density at radius 3 is 2.33 bits per heavy atom. The number of hydrogen-bond donors (Lipinski definition) is 1. The van der Waals surface area contributed by atoms with Gasteiger partial charge in [-0.15, -0.1) is 0 Å². The second-order valence-electron chi connectivity index (χ2n) is 5.47. The molecule has 1 amide bonds. The van der Waals surface area contributed by atoms with E-state index in [4.69, 9.17) is 0 Å². The van der Waals surface area contributed by atoms with E-state index < -0.39 is 6.61 Å². The molecular formula is C18H20F2N2O2. The van der Waals surface area contributed by atoms with Gasteiger partial charge < -0.3 is 10.1 Å². The van der Waals surface area contributed by atoms with Gasteiger partial charge in [-0.3, -0.25) is 9.69 Å². The minimum Gasteiger partial charge on any atom is -0.435 e. The van der Waals surface area contributed by atoms with Crippen molar-refractivity contribution in [2.24, 2.45) is 0 Å². The van der Waals surface area contributed by atoms with Crippen molar-refractivity contribution in [2.45, 2.75) is 26.1 Å². The van der Waals surface area contributed by atoms with E-state index in [2.05, 4.69) is 10.1 Å². The first-order valence-corrected chi connectivity index (χ1v) is 7.55. The molecule has 0 fully saturated rings.